The molecule has 0 unspecified atom stereocenters. The van der Waals surface area contributed by atoms with Crippen molar-refractivity contribution < 1.29 is 13.5 Å². The van der Waals surface area contributed by atoms with E-state index in [4.69, 9.17) is 0 Å². The first-order valence-corrected chi connectivity index (χ1v) is 6.82. The molecule has 0 spiro atoms. The maximum atomic E-state index is 12.6. The summed E-state index contributed by atoms with van der Waals surface area (Å²) in [4.78, 5) is 19.7. The molecule has 3 aromatic rings. The molecule has 3 heterocycles. The van der Waals surface area contributed by atoms with E-state index in [1.54, 1.807) is 18.5 Å². The fraction of sp³-hybridized carbons (Fsp3) is 0.286. The van der Waals surface area contributed by atoms with Crippen LogP contribution in [-0.4, -0.2) is 31.5 Å². The molecule has 0 atom stereocenters. The molecule has 112 valence electrons. The third kappa shape index (κ3) is 2.26. The lowest BCUT2D eigenvalue weighted by molar-refractivity contribution is -0.0525. The quantitative estimate of drug-likeness (QED) is 0.802. The topological polar surface area (TPSA) is 76.6 Å². The van der Waals surface area contributed by atoms with Crippen molar-refractivity contribution in [2.45, 2.75) is 25.4 Å². The summed E-state index contributed by atoms with van der Waals surface area (Å²) < 4.78 is 29.8. The number of hydrogen-bond acceptors (Lipinski definition) is 5. The van der Waals surface area contributed by atoms with Gasteiger partial charge < -0.3 is 9.72 Å². The number of H-pyrrole nitrogens is 1. The van der Waals surface area contributed by atoms with Gasteiger partial charge in [0.05, 0.1) is 22.9 Å². The molecule has 1 aliphatic carbocycles. The predicted molar refractivity (Wildman–Crippen MR) is 73.5 cm³/mol. The highest BCUT2D eigenvalue weighted by Crippen LogP contribution is 2.45. The van der Waals surface area contributed by atoms with E-state index in [2.05, 4.69) is 29.7 Å². The van der Waals surface area contributed by atoms with Gasteiger partial charge in [0.1, 0.15) is 11.9 Å². The summed E-state index contributed by atoms with van der Waals surface area (Å²) >= 11 is 0. The molecule has 1 fully saturated rings. The van der Waals surface area contributed by atoms with Crippen molar-refractivity contribution in [3.05, 3.63) is 30.5 Å². The Balaban J connectivity index is 1.90. The Kier molecular flexibility index (Phi) is 2.95. The van der Waals surface area contributed by atoms with Crippen molar-refractivity contribution in [2.75, 3.05) is 0 Å². The minimum Gasteiger partial charge on any atom is -0.416 e. The van der Waals surface area contributed by atoms with E-state index in [9.17, 15) is 8.78 Å². The van der Waals surface area contributed by atoms with Crippen LogP contribution in [0.4, 0.5) is 8.78 Å². The maximum Gasteiger partial charge on any atom is 0.388 e. The van der Waals surface area contributed by atoms with E-state index in [1.165, 1.54) is 6.33 Å². The highest BCUT2D eigenvalue weighted by atomic mass is 19.3. The Labute approximate surface area is 123 Å². The Hall–Kier alpha value is -2.64. The zero-order valence-corrected chi connectivity index (χ0v) is 11.3. The molecule has 1 aliphatic rings. The largest absolute Gasteiger partial charge is 0.416 e. The van der Waals surface area contributed by atoms with Crippen LogP contribution in [0.2, 0.25) is 0 Å². The first-order valence-electron chi connectivity index (χ1n) is 6.82. The van der Waals surface area contributed by atoms with E-state index in [0.29, 0.717) is 22.6 Å². The lowest BCUT2D eigenvalue weighted by Gasteiger charge is -2.11. The Morgan fingerprint density at radius 1 is 1.23 bits per heavy atom. The van der Waals surface area contributed by atoms with Gasteiger partial charge in [0.15, 0.2) is 5.82 Å². The highest BCUT2D eigenvalue weighted by molar-refractivity contribution is 5.77. The number of aromatic nitrogens is 5. The molecular weight excluding hydrogens is 292 g/mol. The SMILES string of the molecule is FC(F)Oc1ncnc(C2CC2)c1-c1ncc2[nH]ccc2n1. The number of fused-ring (bicyclic) bond motifs is 1. The van der Waals surface area contributed by atoms with Crippen molar-refractivity contribution in [2.24, 2.45) is 0 Å². The van der Waals surface area contributed by atoms with Gasteiger partial charge in [0.2, 0.25) is 5.88 Å². The number of alkyl halides is 2. The maximum absolute atomic E-state index is 12.6. The summed E-state index contributed by atoms with van der Waals surface area (Å²) in [7, 11) is 0. The number of halogens is 2. The van der Waals surface area contributed by atoms with Crippen molar-refractivity contribution in [1.82, 2.24) is 24.9 Å². The molecule has 4 rings (SSSR count). The molecule has 22 heavy (non-hydrogen) atoms. The molecule has 8 heteroatoms. The minimum atomic E-state index is -2.96. The van der Waals surface area contributed by atoms with Crippen LogP contribution < -0.4 is 4.74 Å². The summed E-state index contributed by atoms with van der Waals surface area (Å²) in [5.41, 5.74) is 2.48. The Morgan fingerprint density at radius 3 is 2.86 bits per heavy atom. The summed E-state index contributed by atoms with van der Waals surface area (Å²) in [5.74, 6) is 0.343. The van der Waals surface area contributed by atoms with E-state index >= 15 is 0 Å². The Bertz CT molecular complexity index is 831. The van der Waals surface area contributed by atoms with Gasteiger partial charge in [-0.3, -0.25) is 0 Å². The molecule has 0 amide bonds. The fourth-order valence-corrected chi connectivity index (χ4v) is 2.40. The smallest absolute Gasteiger partial charge is 0.388 e. The van der Waals surface area contributed by atoms with Gasteiger partial charge in [-0.15, -0.1) is 0 Å². The second-order valence-corrected chi connectivity index (χ2v) is 5.06. The van der Waals surface area contributed by atoms with Gasteiger partial charge in [0, 0.05) is 12.1 Å². The minimum absolute atomic E-state index is 0.179. The zero-order chi connectivity index (χ0) is 15.1. The third-order valence-electron chi connectivity index (χ3n) is 3.53. The molecule has 0 aliphatic heterocycles. The van der Waals surface area contributed by atoms with Crippen molar-refractivity contribution >= 4 is 11.0 Å². The molecule has 6 nitrogen and oxygen atoms in total. The second kappa shape index (κ2) is 4.97. The summed E-state index contributed by atoms with van der Waals surface area (Å²) in [6.07, 6.45) is 6.51. The normalized spacial score (nSPS) is 14.7. The molecule has 1 N–H and O–H groups in total. The first-order chi connectivity index (χ1) is 10.7. The molecule has 1 saturated carbocycles. The number of hydrogen-bond donors (Lipinski definition) is 1. The van der Waals surface area contributed by atoms with Gasteiger partial charge in [-0.05, 0) is 18.9 Å². The number of aromatic amines is 1. The number of nitrogens with one attached hydrogen (secondary N) is 1. The van der Waals surface area contributed by atoms with E-state index < -0.39 is 6.61 Å². The van der Waals surface area contributed by atoms with Gasteiger partial charge in [-0.2, -0.15) is 8.78 Å². The Morgan fingerprint density at radius 2 is 2.09 bits per heavy atom. The van der Waals surface area contributed by atoms with Gasteiger partial charge >= 0.3 is 6.61 Å². The number of nitrogens with zero attached hydrogens (tertiary/aromatic N) is 4. The van der Waals surface area contributed by atoms with Crippen LogP contribution in [0, 0.1) is 0 Å². The monoisotopic (exact) mass is 303 g/mol. The first kappa shape index (κ1) is 13.1. The number of ether oxygens (including phenoxy) is 1. The molecule has 3 aromatic heterocycles. The van der Waals surface area contributed by atoms with Crippen LogP contribution >= 0.6 is 0 Å². The average Bonchev–Trinajstić information content (AvgIpc) is 3.24. The van der Waals surface area contributed by atoms with Crippen molar-refractivity contribution in [3.63, 3.8) is 0 Å². The lowest BCUT2D eigenvalue weighted by Crippen LogP contribution is -2.08. The zero-order valence-electron chi connectivity index (χ0n) is 11.3. The van der Waals surface area contributed by atoms with Crippen LogP contribution in [0.5, 0.6) is 5.88 Å². The standard InChI is InChI=1S/C14H11F2N5O/c15-14(16)22-13-10(11(7-1-2-7)19-6-20-13)12-18-5-9-8(21-12)3-4-17-9/h3-7,14,17H,1-2H2. The highest BCUT2D eigenvalue weighted by Gasteiger charge is 2.32. The van der Waals surface area contributed by atoms with Crippen molar-refractivity contribution in [3.8, 4) is 17.3 Å². The van der Waals surface area contributed by atoms with Gasteiger partial charge in [0.25, 0.3) is 0 Å². The fourth-order valence-electron chi connectivity index (χ4n) is 2.40. The van der Waals surface area contributed by atoms with Crippen LogP contribution in [0.1, 0.15) is 24.5 Å². The molecule has 0 aromatic carbocycles. The van der Waals surface area contributed by atoms with E-state index in [1.807, 2.05) is 0 Å². The molecule has 0 radical (unpaired) electrons. The molecule has 0 saturated heterocycles. The lowest BCUT2D eigenvalue weighted by atomic mass is 10.1. The summed E-state index contributed by atoms with van der Waals surface area (Å²) in [6, 6.07) is 1.79. The van der Waals surface area contributed by atoms with E-state index in [0.717, 1.165) is 18.4 Å². The third-order valence-corrected chi connectivity index (χ3v) is 3.53. The summed E-state index contributed by atoms with van der Waals surface area (Å²) in [6.45, 7) is -2.96. The van der Waals surface area contributed by atoms with Gasteiger partial charge in [-0.1, -0.05) is 0 Å². The van der Waals surface area contributed by atoms with Crippen LogP contribution in [0.15, 0.2) is 24.8 Å². The van der Waals surface area contributed by atoms with Crippen LogP contribution in [-0.2, 0) is 0 Å². The van der Waals surface area contributed by atoms with Gasteiger partial charge in [-0.25, -0.2) is 19.9 Å². The van der Waals surface area contributed by atoms with E-state index in [-0.39, 0.29) is 11.8 Å². The van der Waals surface area contributed by atoms with Crippen LogP contribution in [0.25, 0.3) is 22.4 Å². The summed E-state index contributed by atoms with van der Waals surface area (Å²) in [5, 5.41) is 0. The molecular formula is C14H11F2N5O. The van der Waals surface area contributed by atoms with Crippen molar-refractivity contribution in [1.29, 1.82) is 0 Å². The average molecular weight is 303 g/mol. The van der Waals surface area contributed by atoms with Crippen LogP contribution in [0.3, 0.4) is 0 Å². The predicted octanol–water partition coefficient (Wildman–Crippen LogP) is 2.89. The second-order valence-electron chi connectivity index (χ2n) is 5.06. The number of rotatable bonds is 4. The molecule has 0 bridgehead atoms.